The normalized spacial score (nSPS) is 10.4. The van der Waals surface area contributed by atoms with E-state index in [0.717, 1.165) is 12.8 Å². The molecule has 30 heavy (non-hydrogen) atoms. The number of nitrogens with zero attached hydrogens (tertiary/aromatic N) is 1. The molecule has 0 radical (unpaired) electrons. The van der Waals surface area contributed by atoms with E-state index in [9.17, 15) is 19.2 Å². The Morgan fingerprint density at radius 2 is 1.00 bits per heavy atom. The fraction of sp³-hybridized carbons (Fsp3) is 0.750. The van der Waals surface area contributed by atoms with E-state index in [-0.39, 0.29) is 0 Å². The van der Waals surface area contributed by atoms with E-state index in [1.54, 1.807) is 0 Å². The molecule has 1 N–H and O–H groups in total. The quantitative estimate of drug-likeness (QED) is 0.255. The van der Waals surface area contributed by atoms with Crippen LogP contribution in [0.5, 0.6) is 0 Å². The summed E-state index contributed by atoms with van der Waals surface area (Å²) in [6, 6.07) is 0. The molecule has 0 spiro atoms. The highest BCUT2D eigenvalue weighted by Gasteiger charge is 2.17. The first-order valence-electron chi connectivity index (χ1n) is 11.4. The molecule has 0 atom stereocenters. The molecular formula is C24H43NO5. The molecule has 0 aliphatic rings. The van der Waals surface area contributed by atoms with Gasteiger partial charge in [0.15, 0.2) is 0 Å². The molecule has 0 aromatic heterocycles. The first kappa shape index (κ1) is 30.2. The van der Waals surface area contributed by atoms with E-state index < -0.39 is 23.7 Å². The third kappa shape index (κ3) is 22.3. The van der Waals surface area contributed by atoms with Gasteiger partial charge in [-0.25, -0.2) is 4.90 Å². The zero-order chi connectivity index (χ0) is 23.2. The number of carbonyl (C=O) groups is 4. The minimum absolute atomic E-state index is 0.332. The molecule has 0 aliphatic heterocycles. The minimum atomic E-state index is -0.664. The summed E-state index contributed by atoms with van der Waals surface area (Å²) < 4.78 is 0. The number of carboxylic acids is 1. The van der Waals surface area contributed by atoms with Gasteiger partial charge in [-0.3, -0.25) is 19.2 Å². The summed E-state index contributed by atoms with van der Waals surface area (Å²) >= 11 is 0. The fourth-order valence-corrected chi connectivity index (χ4v) is 3.01. The van der Waals surface area contributed by atoms with E-state index in [1.165, 1.54) is 91.4 Å². The van der Waals surface area contributed by atoms with Crippen molar-refractivity contribution in [2.45, 2.75) is 118 Å². The van der Waals surface area contributed by atoms with Gasteiger partial charge < -0.3 is 5.11 Å². The predicted octanol–water partition coefficient (Wildman–Crippen LogP) is 6.04. The van der Waals surface area contributed by atoms with E-state index in [1.807, 2.05) is 0 Å². The molecule has 0 bridgehead atoms. The van der Waals surface area contributed by atoms with Crippen LogP contribution in [0.1, 0.15) is 118 Å². The van der Waals surface area contributed by atoms with Gasteiger partial charge in [0.1, 0.15) is 0 Å². The summed E-state index contributed by atoms with van der Waals surface area (Å²) in [7, 11) is 0. The maximum Gasteiger partial charge on any atom is 0.303 e. The van der Waals surface area contributed by atoms with Gasteiger partial charge >= 0.3 is 5.97 Å². The van der Waals surface area contributed by atoms with Crippen LogP contribution in [-0.4, -0.2) is 33.7 Å². The molecule has 0 rings (SSSR count). The second-order valence-electron chi connectivity index (χ2n) is 7.62. The molecule has 6 heteroatoms. The first-order valence-corrected chi connectivity index (χ1v) is 11.4. The number of carbonyl (C=O) groups excluding carboxylic acids is 3. The topological polar surface area (TPSA) is 91.8 Å². The summed E-state index contributed by atoms with van der Waals surface area (Å²) in [6.45, 7) is 5.77. The Hall–Kier alpha value is -1.98. The second-order valence-corrected chi connectivity index (χ2v) is 7.62. The number of allylic oxidation sites excluding steroid dienone is 2. The van der Waals surface area contributed by atoms with E-state index in [0.29, 0.717) is 11.3 Å². The van der Waals surface area contributed by atoms with Gasteiger partial charge in [0.2, 0.25) is 17.7 Å². The van der Waals surface area contributed by atoms with Crippen LogP contribution >= 0.6 is 0 Å². The smallest absolute Gasteiger partial charge is 0.303 e. The standard InChI is InChI=1S/C18H34O2.C6H9NO3/c1-2-3-4-5-6-7-8-9-10-11-12-13-14-15-16-17-18(19)20;1-4(8)7(5(2)9)6(3)10/h9-10H,2-8,11-17H2,1H3,(H,19,20);1-3H3/b10-9-;. The van der Waals surface area contributed by atoms with Crippen molar-refractivity contribution in [3.8, 4) is 0 Å². The monoisotopic (exact) mass is 425 g/mol. The van der Waals surface area contributed by atoms with Crippen LogP contribution in [-0.2, 0) is 19.2 Å². The van der Waals surface area contributed by atoms with E-state index >= 15 is 0 Å². The van der Waals surface area contributed by atoms with Crippen molar-refractivity contribution in [3.05, 3.63) is 12.2 Å². The number of imide groups is 3. The Morgan fingerprint density at radius 1 is 0.633 bits per heavy atom. The van der Waals surface area contributed by atoms with E-state index in [2.05, 4.69) is 19.1 Å². The van der Waals surface area contributed by atoms with Gasteiger partial charge in [0.05, 0.1) is 0 Å². The Balaban J connectivity index is 0. The van der Waals surface area contributed by atoms with Crippen molar-refractivity contribution >= 4 is 23.7 Å². The van der Waals surface area contributed by atoms with Gasteiger partial charge in [-0.05, 0) is 32.1 Å². The number of unbranched alkanes of at least 4 members (excludes halogenated alkanes) is 11. The van der Waals surface area contributed by atoms with Gasteiger partial charge in [-0.2, -0.15) is 0 Å². The number of rotatable bonds is 15. The summed E-state index contributed by atoms with van der Waals surface area (Å²) in [5.74, 6) is -2.29. The molecule has 0 aliphatic carbocycles. The van der Waals surface area contributed by atoms with Gasteiger partial charge in [0.25, 0.3) is 0 Å². The lowest BCUT2D eigenvalue weighted by Gasteiger charge is -2.10. The third-order valence-corrected chi connectivity index (χ3v) is 4.60. The molecule has 6 nitrogen and oxygen atoms in total. The molecule has 0 fully saturated rings. The summed E-state index contributed by atoms with van der Waals surface area (Å²) in [5, 5.41) is 8.51. The van der Waals surface area contributed by atoms with Crippen molar-refractivity contribution < 1.29 is 24.3 Å². The molecule has 0 heterocycles. The number of aliphatic carboxylic acids is 1. The Kier molecular flexibility index (Phi) is 21.9. The molecular weight excluding hydrogens is 382 g/mol. The maximum absolute atomic E-state index is 10.5. The summed E-state index contributed by atoms with van der Waals surface area (Å²) in [5.41, 5.74) is 0. The first-order chi connectivity index (χ1) is 14.2. The fourth-order valence-electron chi connectivity index (χ4n) is 3.01. The number of amides is 3. The lowest BCUT2D eigenvalue weighted by Crippen LogP contribution is -2.37. The van der Waals surface area contributed by atoms with Crippen LogP contribution in [0.4, 0.5) is 0 Å². The SMILES string of the molecule is CC(=O)N(C(C)=O)C(C)=O.CCCCCCCC/C=C\CCCCCCCC(=O)O. The molecule has 0 aromatic rings. The van der Waals surface area contributed by atoms with Crippen molar-refractivity contribution in [2.24, 2.45) is 0 Å². The zero-order valence-electron chi connectivity index (χ0n) is 19.6. The predicted molar refractivity (Wildman–Crippen MR) is 121 cm³/mol. The lowest BCUT2D eigenvalue weighted by molar-refractivity contribution is -0.151. The third-order valence-electron chi connectivity index (χ3n) is 4.60. The average molecular weight is 426 g/mol. The highest BCUT2D eigenvalue weighted by atomic mass is 16.4. The number of hydrogen-bond donors (Lipinski definition) is 1. The van der Waals surface area contributed by atoms with Crippen LogP contribution in [0.3, 0.4) is 0 Å². The van der Waals surface area contributed by atoms with Gasteiger partial charge in [0, 0.05) is 27.2 Å². The molecule has 0 unspecified atom stereocenters. The number of hydrogen-bond acceptors (Lipinski definition) is 4. The second kappa shape index (κ2) is 21.7. The van der Waals surface area contributed by atoms with Crippen LogP contribution in [0.15, 0.2) is 12.2 Å². The highest BCUT2D eigenvalue weighted by Crippen LogP contribution is 2.09. The van der Waals surface area contributed by atoms with Crippen molar-refractivity contribution in [1.29, 1.82) is 0 Å². The van der Waals surface area contributed by atoms with Crippen molar-refractivity contribution in [3.63, 3.8) is 0 Å². The number of carboxylic acid groups (broad SMARTS) is 1. The molecule has 3 amide bonds. The molecule has 0 aromatic carbocycles. The maximum atomic E-state index is 10.5. The zero-order valence-corrected chi connectivity index (χ0v) is 19.6. The summed E-state index contributed by atoms with van der Waals surface area (Å²) in [6.07, 6.45) is 21.2. The van der Waals surface area contributed by atoms with Crippen molar-refractivity contribution in [2.75, 3.05) is 0 Å². The Labute approximate surface area is 183 Å². The van der Waals surface area contributed by atoms with E-state index in [4.69, 9.17) is 5.11 Å². The lowest BCUT2D eigenvalue weighted by atomic mass is 10.1. The average Bonchev–Trinajstić information content (AvgIpc) is 2.64. The van der Waals surface area contributed by atoms with Gasteiger partial charge in [-0.15, -0.1) is 0 Å². The van der Waals surface area contributed by atoms with Crippen LogP contribution < -0.4 is 0 Å². The molecule has 174 valence electrons. The molecule has 0 saturated carbocycles. The van der Waals surface area contributed by atoms with Crippen LogP contribution in [0.25, 0.3) is 0 Å². The highest BCUT2D eigenvalue weighted by molar-refractivity contribution is 6.08. The van der Waals surface area contributed by atoms with Crippen molar-refractivity contribution in [1.82, 2.24) is 4.90 Å². The minimum Gasteiger partial charge on any atom is -0.481 e. The Morgan fingerprint density at radius 3 is 1.33 bits per heavy atom. The van der Waals surface area contributed by atoms with Gasteiger partial charge in [-0.1, -0.05) is 70.4 Å². The molecule has 0 saturated heterocycles. The van der Waals surface area contributed by atoms with Crippen LogP contribution in [0.2, 0.25) is 0 Å². The van der Waals surface area contributed by atoms with Crippen LogP contribution in [0, 0.1) is 0 Å². The largest absolute Gasteiger partial charge is 0.481 e. The summed E-state index contributed by atoms with van der Waals surface area (Å²) in [4.78, 5) is 42.4. The Bertz CT molecular complexity index is 480.